The van der Waals surface area contributed by atoms with Gasteiger partial charge in [-0.3, -0.25) is 14.4 Å². The maximum absolute atomic E-state index is 14.7. The summed E-state index contributed by atoms with van der Waals surface area (Å²) in [6.45, 7) is 2.99. The number of piperidine rings is 1. The molecule has 0 unspecified atom stereocenters. The number of ether oxygens (including phenoxy) is 1. The summed E-state index contributed by atoms with van der Waals surface area (Å²) in [7, 11) is 1.81. The summed E-state index contributed by atoms with van der Waals surface area (Å²) in [6, 6.07) is 10.5. The number of carbonyl (C=O) groups excluding carboxylic acids is 3. The zero-order valence-electron chi connectivity index (χ0n) is 24.7. The van der Waals surface area contributed by atoms with Crippen LogP contribution in [0, 0.1) is 11.7 Å². The van der Waals surface area contributed by atoms with Gasteiger partial charge in [0.2, 0.25) is 5.91 Å². The fourth-order valence-corrected chi connectivity index (χ4v) is 7.31. The molecule has 6 rings (SSSR count). The van der Waals surface area contributed by atoms with Crippen LogP contribution in [0.3, 0.4) is 0 Å². The Morgan fingerprint density at radius 2 is 1.80 bits per heavy atom. The minimum Gasteiger partial charge on any atom is -0.381 e. The smallest absolute Gasteiger partial charge is 0.256 e. The number of likely N-dealkylation sites (tertiary alicyclic amines) is 2. The van der Waals surface area contributed by atoms with Crippen molar-refractivity contribution in [2.24, 2.45) is 5.92 Å². The van der Waals surface area contributed by atoms with E-state index < -0.39 is 23.4 Å². The van der Waals surface area contributed by atoms with Crippen molar-refractivity contribution in [3.05, 3.63) is 70.1 Å². The van der Waals surface area contributed by atoms with Gasteiger partial charge in [0.1, 0.15) is 12.0 Å². The van der Waals surface area contributed by atoms with Gasteiger partial charge < -0.3 is 24.4 Å². The van der Waals surface area contributed by atoms with Gasteiger partial charge in [-0.1, -0.05) is 23.7 Å². The number of amides is 2. The quantitative estimate of drug-likeness (QED) is 0.387. The number of rotatable bonds is 7. The van der Waals surface area contributed by atoms with E-state index in [1.165, 1.54) is 12.1 Å². The van der Waals surface area contributed by atoms with E-state index in [-0.39, 0.29) is 44.3 Å². The summed E-state index contributed by atoms with van der Waals surface area (Å²) in [6.07, 6.45) is 1.81. The van der Waals surface area contributed by atoms with Crippen LogP contribution in [0.1, 0.15) is 52.1 Å². The van der Waals surface area contributed by atoms with E-state index in [9.17, 15) is 23.2 Å². The second-order valence-corrected chi connectivity index (χ2v) is 12.8. The molecule has 11 heteroatoms. The maximum atomic E-state index is 14.7. The Balaban J connectivity index is 1.29. The Kier molecular flexibility index (Phi) is 8.77. The molecule has 44 heavy (non-hydrogen) atoms. The molecule has 0 spiro atoms. The molecule has 2 amide bonds. The van der Waals surface area contributed by atoms with Crippen LogP contribution in [0.2, 0.25) is 5.02 Å². The van der Waals surface area contributed by atoms with Gasteiger partial charge in [-0.2, -0.15) is 0 Å². The monoisotopic (exact) mass is 626 g/mol. The molecule has 0 radical (unpaired) electrons. The van der Waals surface area contributed by atoms with Crippen LogP contribution in [0.5, 0.6) is 0 Å². The van der Waals surface area contributed by atoms with Gasteiger partial charge in [-0.25, -0.2) is 8.78 Å². The first-order chi connectivity index (χ1) is 21.2. The number of fused-ring (bicyclic) bond motifs is 1. The summed E-state index contributed by atoms with van der Waals surface area (Å²) in [5.41, 5.74) is 0.937. The van der Waals surface area contributed by atoms with E-state index in [2.05, 4.69) is 5.32 Å². The van der Waals surface area contributed by atoms with Crippen LogP contribution >= 0.6 is 11.6 Å². The number of nitrogens with zero attached hydrogens (tertiary/aromatic N) is 3. The second-order valence-electron chi connectivity index (χ2n) is 12.4. The molecule has 0 bridgehead atoms. The molecule has 3 aromatic rings. The molecule has 0 saturated carbocycles. The lowest BCUT2D eigenvalue weighted by Crippen LogP contribution is -2.56. The van der Waals surface area contributed by atoms with Crippen molar-refractivity contribution < 1.29 is 27.9 Å². The second kappa shape index (κ2) is 12.6. The van der Waals surface area contributed by atoms with Gasteiger partial charge in [0.15, 0.2) is 6.29 Å². The minimum atomic E-state index is -1.19. The Morgan fingerprint density at radius 3 is 2.43 bits per heavy atom. The summed E-state index contributed by atoms with van der Waals surface area (Å²) in [4.78, 5) is 44.2. The first-order valence-corrected chi connectivity index (χ1v) is 15.6. The fraction of sp³-hybridized carbons (Fsp3) is 0.485. The molecule has 234 valence electrons. The number of hydrogen-bond acceptors (Lipinski definition) is 5. The van der Waals surface area contributed by atoms with E-state index in [1.54, 1.807) is 36.2 Å². The van der Waals surface area contributed by atoms with Gasteiger partial charge in [-0.15, -0.1) is 0 Å². The molecule has 3 fully saturated rings. The molecule has 8 nitrogen and oxygen atoms in total. The van der Waals surface area contributed by atoms with Gasteiger partial charge in [0.05, 0.1) is 22.7 Å². The van der Waals surface area contributed by atoms with E-state index >= 15 is 0 Å². The third-order valence-electron chi connectivity index (χ3n) is 9.66. The van der Waals surface area contributed by atoms with E-state index in [1.807, 2.05) is 15.5 Å². The molecule has 3 saturated heterocycles. The van der Waals surface area contributed by atoms with Crippen molar-refractivity contribution in [3.8, 4) is 0 Å². The number of carbonyl (C=O) groups is 3. The van der Waals surface area contributed by atoms with Gasteiger partial charge in [-0.05, 0) is 74.5 Å². The van der Waals surface area contributed by atoms with E-state index in [0.29, 0.717) is 59.5 Å². The first-order valence-electron chi connectivity index (χ1n) is 15.2. The first kappa shape index (κ1) is 30.7. The number of alkyl halides is 1. The highest BCUT2D eigenvalue weighted by Crippen LogP contribution is 2.38. The van der Waals surface area contributed by atoms with Crippen molar-refractivity contribution in [1.29, 1.82) is 0 Å². The highest BCUT2D eigenvalue weighted by molar-refractivity contribution is 6.31. The molecule has 4 heterocycles. The predicted molar refractivity (Wildman–Crippen MR) is 163 cm³/mol. The number of benzene rings is 2. The Bertz CT molecular complexity index is 1550. The van der Waals surface area contributed by atoms with Crippen LogP contribution < -0.4 is 5.32 Å². The third kappa shape index (κ3) is 5.75. The van der Waals surface area contributed by atoms with Crippen LogP contribution in [0.4, 0.5) is 8.78 Å². The molecule has 2 aromatic carbocycles. The van der Waals surface area contributed by atoms with Crippen molar-refractivity contribution in [3.63, 3.8) is 0 Å². The summed E-state index contributed by atoms with van der Waals surface area (Å²) in [5, 5.41) is 4.00. The largest absolute Gasteiger partial charge is 0.381 e. The van der Waals surface area contributed by atoms with Crippen LogP contribution in [-0.2, 0) is 21.5 Å². The van der Waals surface area contributed by atoms with Crippen molar-refractivity contribution >= 4 is 40.6 Å². The SMILES string of the molecule is CN1C[C@@H](F)[C@@H](NC(=O)C2(c3ccc(F)cc3)CCN(C(=O)c3c(C=O)n(CC4CCOCC4)c4ccc(Cl)cc34)CC2)C1. The zero-order valence-corrected chi connectivity index (χ0v) is 25.5. The molecular weight excluding hydrogens is 590 g/mol. The van der Waals surface area contributed by atoms with E-state index in [0.717, 1.165) is 24.6 Å². The van der Waals surface area contributed by atoms with Crippen LogP contribution in [-0.4, -0.2) is 91.1 Å². The normalized spacial score (nSPS) is 22.8. The molecule has 2 atom stereocenters. The molecule has 1 N–H and O–H groups in total. The molecular formula is C33H37ClF2N4O4. The number of nitrogens with one attached hydrogen (secondary N) is 1. The van der Waals surface area contributed by atoms with Gasteiger partial charge in [0.25, 0.3) is 5.91 Å². The molecule has 1 aromatic heterocycles. The standard InChI is InChI=1S/C33H37ClF2N4O4/c1-38-18-26(36)27(19-38)37-32(43)33(22-2-5-24(35)6-3-22)10-12-39(13-11-33)31(42)30-25-16-23(34)4-7-28(25)40(29(30)20-41)17-21-8-14-44-15-9-21/h2-7,16,20-21,26-27H,8-15,17-19H2,1H3,(H,37,43)/t26-,27+/m1/s1. The van der Waals surface area contributed by atoms with Crippen LogP contribution in [0.15, 0.2) is 42.5 Å². The lowest BCUT2D eigenvalue weighted by Gasteiger charge is -2.41. The van der Waals surface area contributed by atoms with Crippen molar-refractivity contribution in [2.75, 3.05) is 46.4 Å². The molecule has 3 aliphatic rings. The Labute approximate surface area is 260 Å². The van der Waals surface area contributed by atoms with E-state index in [4.69, 9.17) is 16.3 Å². The highest BCUT2D eigenvalue weighted by Gasteiger charge is 2.46. The summed E-state index contributed by atoms with van der Waals surface area (Å²) >= 11 is 6.38. The number of halogens is 3. The van der Waals surface area contributed by atoms with Crippen molar-refractivity contribution in [1.82, 2.24) is 19.7 Å². The van der Waals surface area contributed by atoms with Crippen molar-refractivity contribution in [2.45, 2.75) is 49.9 Å². The minimum absolute atomic E-state index is 0.221. The zero-order chi connectivity index (χ0) is 31.0. The summed E-state index contributed by atoms with van der Waals surface area (Å²) in [5.74, 6) is -0.743. The average molecular weight is 627 g/mol. The highest BCUT2D eigenvalue weighted by atomic mass is 35.5. The van der Waals surface area contributed by atoms with Crippen LogP contribution in [0.25, 0.3) is 10.9 Å². The summed E-state index contributed by atoms with van der Waals surface area (Å²) < 4.78 is 36.0. The number of hydrogen-bond donors (Lipinski definition) is 1. The number of likely N-dealkylation sites (N-methyl/N-ethyl adjacent to an activating group) is 1. The third-order valence-corrected chi connectivity index (χ3v) is 9.89. The number of aldehydes is 1. The Morgan fingerprint density at radius 1 is 1.09 bits per heavy atom. The average Bonchev–Trinajstić information content (AvgIpc) is 3.51. The topological polar surface area (TPSA) is 83.9 Å². The predicted octanol–water partition coefficient (Wildman–Crippen LogP) is 4.62. The van der Waals surface area contributed by atoms with Gasteiger partial charge >= 0.3 is 0 Å². The lowest BCUT2D eigenvalue weighted by molar-refractivity contribution is -0.129. The lowest BCUT2D eigenvalue weighted by atomic mass is 9.71. The maximum Gasteiger partial charge on any atom is 0.256 e. The molecule has 0 aliphatic carbocycles. The Hall–Kier alpha value is -3.34. The fourth-order valence-electron chi connectivity index (χ4n) is 7.14. The number of aromatic nitrogens is 1. The molecule has 3 aliphatic heterocycles. The van der Waals surface area contributed by atoms with Gasteiger partial charge in [0, 0.05) is 61.9 Å².